The Morgan fingerprint density at radius 1 is 0.750 bits per heavy atom. The van der Waals surface area contributed by atoms with Gasteiger partial charge in [0.25, 0.3) is 5.56 Å². The van der Waals surface area contributed by atoms with Crippen molar-refractivity contribution in [2.75, 3.05) is 11.5 Å². The zero-order valence-electron chi connectivity index (χ0n) is 9.68. The molecule has 20 heavy (non-hydrogen) atoms. The van der Waals surface area contributed by atoms with E-state index in [2.05, 4.69) is 9.97 Å². The lowest BCUT2D eigenvalue weighted by molar-refractivity contribution is 0.881. The summed E-state index contributed by atoms with van der Waals surface area (Å²) in [5.41, 5.74) is -0.741. The second kappa shape index (κ2) is 5.47. The van der Waals surface area contributed by atoms with Crippen LogP contribution in [0.15, 0.2) is 36.5 Å². The van der Waals surface area contributed by atoms with Crippen molar-refractivity contribution in [3.05, 3.63) is 37.8 Å². The number of aromatic amines is 2. The van der Waals surface area contributed by atoms with Crippen LogP contribution in [0.5, 0.6) is 0 Å². The van der Waals surface area contributed by atoms with Crippen molar-refractivity contribution in [3.63, 3.8) is 0 Å². The van der Waals surface area contributed by atoms with Crippen molar-refractivity contribution >= 4 is 70.6 Å². The first-order valence-corrected chi connectivity index (χ1v) is 10.8. The Morgan fingerprint density at radius 3 is 2.10 bits per heavy atom. The lowest BCUT2D eigenvalue weighted by atomic mass is 10.6. The van der Waals surface area contributed by atoms with Gasteiger partial charge in [0, 0.05) is 11.5 Å². The topological polar surface area (TPSA) is 65.7 Å². The fourth-order valence-corrected chi connectivity index (χ4v) is 10.4. The van der Waals surface area contributed by atoms with Crippen molar-refractivity contribution in [1.82, 2.24) is 9.97 Å². The van der Waals surface area contributed by atoms with E-state index in [0.29, 0.717) is 9.92 Å². The quantitative estimate of drug-likeness (QED) is 0.665. The largest absolute Gasteiger partial charge is 0.326 e. The Hall–Kier alpha value is 0.260. The van der Waals surface area contributed by atoms with Gasteiger partial charge in [0.1, 0.15) is 9.92 Å². The van der Waals surface area contributed by atoms with E-state index >= 15 is 0 Å². The summed E-state index contributed by atoms with van der Waals surface area (Å²) >= 11 is 10.3. The lowest BCUT2D eigenvalue weighted by Gasteiger charge is -2.08. The summed E-state index contributed by atoms with van der Waals surface area (Å²) < 4.78 is 5.09. The molecule has 0 aromatic carbocycles. The molecule has 0 amide bonds. The average Bonchev–Trinajstić information content (AvgIpc) is 3.01. The number of H-pyrrole nitrogens is 2. The molecule has 0 saturated heterocycles. The Bertz CT molecular complexity index is 757. The molecule has 3 aliphatic heterocycles. The molecule has 4 heterocycles. The third-order valence-electron chi connectivity index (χ3n) is 2.51. The number of hydrogen-bond donors (Lipinski definition) is 2. The molecule has 0 radical (unpaired) electrons. The second-order valence-corrected chi connectivity index (χ2v) is 11.1. The molecule has 1 aromatic rings. The van der Waals surface area contributed by atoms with Crippen LogP contribution in [-0.4, -0.2) is 21.5 Å². The molecular weight excluding hydrogens is 373 g/mol. The molecule has 10 heteroatoms. The zero-order chi connectivity index (χ0) is 13.7. The molecule has 0 atom stereocenters. The molecule has 0 saturated carbocycles. The summed E-state index contributed by atoms with van der Waals surface area (Å²) in [6.07, 6.45) is 0. The molecule has 0 aliphatic carbocycles. The van der Waals surface area contributed by atoms with Crippen molar-refractivity contribution < 1.29 is 0 Å². The molecule has 0 fully saturated rings. The molecule has 0 unspecified atom stereocenters. The molecule has 2 N–H and O–H groups in total. The highest BCUT2D eigenvalue weighted by atomic mass is 32.3. The van der Waals surface area contributed by atoms with Gasteiger partial charge in [0.15, 0.2) is 0 Å². The molecular formula is C10H6N2O2S6. The Kier molecular flexibility index (Phi) is 3.80. The number of fused-ring (bicyclic) bond motifs is 1. The first-order chi connectivity index (χ1) is 9.70. The number of nitrogens with one attached hydrogen (secondary N) is 2. The van der Waals surface area contributed by atoms with E-state index in [4.69, 9.17) is 0 Å². The summed E-state index contributed by atoms with van der Waals surface area (Å²) in [4.78, 5) is 28.7. The fourth-order valence-electron chi connectivity index (χ4n) is 1.71. The minimum absolute atomic E-state index is 0.300. The highest BCUT2D eigenvalue weighted by Gasteiger charge is 2.31. The van der Waals surface area contributed by atoms with Gasteiger partial charge in [-0.2, -0.15) is 0 Å². The van der Waals surface area contributed by atoms with Crippen molar-refractivity contribution in [2.24, 2.45) is 0 Å². The number of rotatable bonds is 0. The number of thioether (sulfide) groups is 6. The van der Waals surface area contributed by atoms with E-state index in [0.717, 1.165) is 15.7 Å². The average molecular weight is 379 g/mol. The predicted molar refractivity (Wildman–Crippen MR) is 93.5 cm³/mol. The minimum atomic E-state index is -0.441. The van der Waals surface area contributed by atoms with E-state index in [9.17, 15) is 9.59 Å². The van der Waals surface area contributed by atoms with Gasteiger partial charge in [-0.05, 0) is 0 Å². The van der Waals surface area contributed by atoms with Crippen LogP contribution in [0.25, 0.3) is 0 Å². The van der Waals surface area contributed by atoms with Crippen LogP contribution in [0.2, 0.25) is 0 Å². The third-order valence-corrected chi connectivity index (χ3v) is 11.3. The second-order valence-electron chi connectivity index (χ2n) is 3.82. The highest BCUT2D eigenvalue weighted by Crippen LogP contribution is 2.64. The summed E-state index contributed by atoms with van der Waals surface area (Å²) in [6.45, 7) is 0. The SMILES string of the molecule is O=c1[nH]c2c(c(=O)[nH]1)SC(=C1SC3=C(SCCS3)S1)S2. The molecule has 4 nitrogen and oxygen atoms in total. The van der Waals surface area contributed by atoms with E-state index in [-0.39, 0.29) is 5.56 Å². The van der Waals surface area contributed by atoms with Gasteiger partial charge in [-0.15, -0.1) is 23.5 Å². The molecule has 0 bridgehead atoms. The standard InChI is InChI=1S/C10H6N2O2S6/c13-4-3-5(12-10(14)11-4)18-8(17-3)9-19-6-7(20-9)16-2-1-15-6/h1-2H2,(H2,11,12,13,14). The van der Waals surface area contributed by atoms with Gasteiger partial charge < -0.3 is 4.98 Å². The van der Waals surface area contributed by atoms with Gasteiger partial charge in [-0.25, -0.2) is 4.79 Å². The Labute approximate surface area is 139 Å². The molecule has 1 aromatic heterocycles. The third kappa shape index (κ3) is 2.44. The van der Waals surface area contributed by atoms with E-state index < -0.39 is 5.69 Å². The van der Waals surface area contributed by atoms with Gasteiger partial charge in [-0.1, -0.05) is 47.0 Å². The number of hydrogen-bond acceptors (Lipinski definition) is 8. The first kappa shape index (κ1) is 13.9. The van der Waals surface area contributed by atoms with E-state index in [1.54, 1.807) is 23.5 Å². The van der Waals surface area contributed by atoms with Crippen LogP contribution in [0.3, 0.4) is 0 Å². The zero-order valence-corrected chi connectivity index (χ0v) is 14.6. The predicted octanol–water partition coefficient (Wildman–Crippen LogP) is 3.47. The van der Waals surface area contributed by atoms with Crippen LogP contribution in [0.4, 0.5) is 0 Å². The minimum Gasteiger partial charge on any atom is -0.301 e. The van der Waals surface area contributed by atoms with Gasteiger partial charge in [0.2, 0.25) is 0 Å². The summed E-state index contributed by atoms with van der Waals surface area (Å²) in [5, 5.41) is 0.664. The maximum Gasteiger partial charge on any atom is 0.326 e. The van der Waals surface area contributed by atoms with Crippen LogP contribution >= 0.6 is 70.6 Å². The van der Waals surface area contributed by atoms with Crippen LogP contribution in [-0.2, 0) is 0 Å². The van der Waals surface area contributed by atoms with Gasteiger partial charge in [0.05, 0.1) is 16.9 Å². The lowest BCUT2D eigenvalue weighted by Crippen LogP contribution is -2.23. The maximum atomic E-state index is 11.8. The maximum absolute atomic E-state index is 11.8. The van der Waals surface area contributed by atoms with Crippen molar-refractivity contribution in [2.45, 2.75) is 9.92 Å². The molecule has 0 spiro atoms. The normalized spacial score (nSPS) is 21.4. The summed E-state index contributed by atoms with van der Waals surface area (Å²) in [7, 11) is 0. The molecule has 104 valence electrons. The van der Waals surface area contributed by atoms with Crippen molar-refractivity contribution in [3.8, 4) is 0 Å². The summed E-state index contributed by atoms with van der Waals surface area (Å²) in [5.74, 6) is 2.32. The van der Waals surface area contributed by atoms with Gasteiger partial charge in [-0.3, -0.25) is 9.78 Å². The van der Waals surface area contributed by atoms with Crippen molar-refractivity contribution in [1.29, 1.82) is 0 Å². The molecule has 4 rings (SSSR count). The number of aromatic nitrogens is 2. The van der Waals surface area contributed by atoms with E-state index in [1.807, 2.05) is 23.5 Å². The van der Waals surface area contributed by atoms with Gasteiger partial charge >= 0.3 is 5.69 Å². The Morgan fingerprint density at radius 2 is 1.40 bits per heavy atom. The Balaban J connectivity index is 1.67. The van der Waals surface area contributed by atoms with Crippen LogP contribution in [0, 0.1) is 0 Å². The highest BCUT2D eigenvalue weighted by molar-refractivity contribution is 8.42. The monoisotopic (exact) mass is 378 g/mol. The first-order valence-electron chi connectivity index (χ1n) is 5.53. The molecule has 3 aliphatic rings. The van der Waals surface area contributed by atoms with Crippen LogP contribution < -0.4 is 11.2 Å². The summed E-state index contributed by atoms with van der Waals surface area (Å²) in [6, 6.07) is 0. The van der Waals surface area contributed by atoms with E-state index in [1.165, 1.54) is 36.2 Å². The smallest absolute Gasteiger partial charge is 0.301 e. The fraction of sp³-hybridized carbons (Fsp3) is 0.200. The van der Waals surface area contributed by atoms with Crippen LogP contribution in [0.1, 0.15) is 0 Å².